The van der Waals surface area contributed by atoms with Gasteiger partial charge >= 0.3 is 0 Å². The Hall–Kier alpha value is -2.24. The maximum atomic E-state index is 12.4. The molecule has 1 atom stereocenters. The van der Waals surface area contributed by atoms with E-state index < -0.39 is 0 Å². The number of aryl methyl sites for hydroxylation is 6. The van der Waals surface area contributed by atoms with E-state index in [-0.39, 0.29) is 14.1 Å². The van der Waals surface area contributed by atoms with Gasteiger partial charge in [-0.2, -0.15) is 0 Å². The summed E-state index contributed by atoms with van der Waals surface area (Å²) in [5.74, 6) is 0. The van der Waals surface area contributed by atoms with Crippen LogP contribution >= 0.6 is 8.58 Å². The van der Waals surface area contributed by atoms with Crippen molar-refractivity contribution in [3.8, 4) is 0 Å². The predicted octanol–water partition coefficient (Wildman–Crippen LogP) is 7.70. The number of benzene rings is 3. The fourth-order valence-corrected chi connectivity index (χ4v) is 4.65. The quantitative estimate of drug-likeness (QED) is 0.397. The van der Waals surface area contributed by atoms with E-state index >= 15 is 0 Å². The van der Waals surface area contributed by atoms with Crippen LogP contribution in [0.5, 0.6) is 0 Å². The molecule has 160 valence electrons. The highest BCUT2D eigenvalue weighted by molar-refractivity contribution is 7.66. The molecule has 0 amide bonds. The molecule has 0 fully saturated rings. The van der Waals surface area contributed by atoms with Crippen LogP contribution in [-0.2, 0) is 0 Å². The zero-order chi connectivity index (χ0) is 22.8. The van der Waals surface area contributed by atoms with Gasteiger partial charge in [-0.25, -0.2) is 0 Å². The van der Waals surface area contributed by atoms with Gasteiger partial charge in [-0.15, -0.1) is 0 Å². The molecule has 2 heteroatoms. The fourth-order valence-electron chi connectivity index (χ4n) is 3.51. The first kappa shape index (κ1) is 25.8. The minimum Gasteiger partial charge on any atom is -0.289 e. The molecule has 3 aromatic rings. The summed E-state index contributed by atoms with van der Waals surface area (Å²) in [7, 11) is 0.206. The summed E-state index contributed by atoms with van der Waals surface area (Å²) in [6.07, 6.45) is 0. The Morgan fingerprint density at radius 1 is 0.633 bits per heavy atom. The molecule has 0 spiro atoms. The summed E-state index contributed by atoms with van der Waals surface area (Å²) < 4.78 is 0. The largest absolute Gasteiger partial charge is 0.289 e. The minimum absolute atomic E-state index is 0.206. The Morgan fingerprint density at radius 2 is 1.03 bits per heavy atom. The van der Waals surface area contributed by atoms with Crippen LogP contribution in [0, 0.1) is 48.5 Å². The molecule has 1 nitrogen and oxygen atoms in total. The average Bonchev–Trinajstić information content (AvgIpc) is 2.68. The molecular formula is C28H37OP. The number of carbonyl (C=O) groups excluding carboxylic acids is 1. The number of hydrogen-bond acceptors (Lipinski definition) is 1. The Kier molecular flexibility index (Phi) is 10.7. The molecular weight excluding hydrogens is 383 g/mol. The number of rotatable bonds is 3. The van der Waals surface area contributed by atoms with Gasteiger partial charge in [-0.3, -0.25) is 4.79 Å². The van der Waals surface area contributed by atoms with E-state index in [0.29, 0.717) is 0 Å². The molecule has 3 aromatic carbocycles. The van der Waals surface area contributed by atoms with Gasteiger partial charge in [0.2, 0.25) is 0 Å². The van der Waals surface area contributed by atoms with Crippen LogP contribution in [0.3, 0.4) is 0 Å². The Bertz CT molecular complexity index is 925. The molecule has 0 radical (unpaired) electrons. The third kappa shape index (κ3) is 7.54. The van der Waals surface area contributed by atoms with Crippen molar-refractivity contribution in [2.24, 2.45) is 0 Å². The van der Waals surface area contributed by atoms with Crippen molar-refractivity contribution < 1.29 is 4.79 Å². The van der Waals surface area contributed by atoms with Gasteiger partial charge in [-0.05, 0) is 90.2 Å². The topological polar surface area (TPSA) is 17.1 Å². The second kappa shape index (κ2) is 12.5. The van der Waals surface area contributed by atoms with Gasteiger partial charge in [0.25, 0.3) is 0 Å². The normalized spacial score (nSPS) is 10.2. The van der Waals surface area contributed by atoms with Crippen LogP contribution in [0.4, 0.5) is 0 Å². The lowest BCUT2D eigenvalue weighted by atomic mass is 10.0. The molecule has 0 saturated heterocycles. The molecule has 0 aromatic heterocycles. The SMILES string of the molecule is CC.Cc1cc(C)c(C(=O)Pc2ccccc2)c(C)c1.Cc1cc(C)c(C)c(C)c1. The maximum Gasteiger partial charge on any atom is 0.186 e. The maximum absolute atomic E-state index is 12.4. The second-order valence-electron chi connectivity index (χ2n) is 7.62. The van der Waals surface area contributed by atoms with E-state index in [1.54, 1.807) is 0 Å². The summed E-state index contributed by atoms with van der Waals surface area (Å²) in [6, 6.07) is 18.6. The van der Waals surface area contributed by atoms with E-state index in [0.717, 1.165) is 22.0 Å². The zero-order valence-electron chi connectivity index (χ0n) is 20.1. The van der Waals surface area contributed by atoms with E-state index in [1.165, 1.54) is 27.8 Å². The van der Waals surface area contributed by atoms with Crippen molar-refractivity contribution in [2.45, 2.75) is 62.3 Å². The molecule has 0 aliphatic rings. The molecule has 0 saturated carbocycles. The lowest BCUT2D eigenvalue weighted by molar-refractivity contribution is 0.108. The third-order valence-corrected chi connectivity index (χ3v) is 6.11. The highest BCUT2D eigenvalue weighted by Gasteiger charge is 2.13. The lowest BCUT2D eigenvalue weighted by Crippen LogP contribution is -2.04. The van der Waals surface area contributed by atoms with Crippen LogP contribution in [-0.4, -0.2) is 5.52 Å². The molecule has 0 aliphatic heterocycles. The van der Waals surface area contributed by atoms with Gasteiger partial charge < -0.3 is 0 Å². The zero-order valence-corrected chi connectivity index (χ0v) is 21.1. The summed E-state index contributed by atoms with van der Waals surface area (Å²) in [4.78, 5) is 12.4. The minimum atomic E-state index is 0.206. The highest BCUT2D eigenvalue weighted by Crippen LogP contribution is 2.25. The monoisotopic (exact) mass is 420 g/mol. The summed E-state index contributed by atoms with van der Waals surface area (Å²) >= 11 is 0. The second-order valence-corrected chi connectivity index (χ2v) is 8.90. The molecule has 0 heterocycles. The van der Waals surface area contributed by atoms with Crippen LogP contribution < -0.4 is 5.30 Å². The van der Waals surface area contributed by atoms with Gasteiger partial charge in [0, 0.05) is 5.56 Å². The van der Waals surface area contributed by atoms with E-state index in [4.69, 9.17) is 0 Å². The molecule has 0 aliphatic carbocycles. The molecule has 3 rings (SSSR count). The van der Waals surface area contributed by atoms with Crippen LogP contribution in [0.15, 0.2) is 54.6 Å². The standard InChI is InChI=1S/C16H17OP.C10H14.C2H6/c1-11-9-12(2)15(13(3)10-11)16(17)18-14-7-5-4-6-8-14;1-7-5-8(2)10(4)9(3)6-7;1-2/h4-10,18H,1-3H3;5-6H,1-4H3;1-2H3. The van der Waals surface area contributed by atoms with Crippen LogP contribution in [0.25, 0.3) is 0 Å². The Balaban J connectivity index is 0.000000318. The van der Waals surface area contributed by atoms with Gasteiger partial charge in [-0.1, -0.05) is 79.6 Å². The van der Waals surface area contributed by atoms with Gasteiger partial charge in [0.1, 0.15) is 0 Å². The third-order valence-electron chi connectivity index (χ3n) is 5.01. The average molecular weight is 421 g/mol. The summed E-state index contributed by atoms with van der Waals surface area (Å²) in [5, 5.41) is 1.10. The van der Waals surface area contributed by atoms with E-state index in [1.807, 2.05) is 58.0 Å². The van der Waals surface area contributed by atoms with Crippen LogP contribution in [0.1, 0.15) is 63.1 Å². The molecule has 1 unspecified atom stereocenters. The van der Waals surface area contributed by atoms with Gasteiger partial charge in [0.15, 0.2) is 5.52 Å². The summed E-state index contributed by atoms with van der Waals surface area (Å²) in [5.41, 5.74) is 10.1. The van der Waals surface area contributed by atoms with Crippen molar-refractivity contribution in [3.63, 3.8) is 0 Å². The molecule has 0 bridgehead atoms. The Labute approximate surface area is 185 Å². The van der Waals surface area contributed by atoms with Crippen molar-refractivity contribution in [3.05, 3.63) is 99.1 Å². The first-order chi connectivity index (χ1) is 14.2. The Morgan fingerprint density at radius 3 is 1.47 bits per heavy atom. The van der Waals surface area contributed by atoms with Crippen molar-refractivity contribution in [2.75, 3.05) is 0 Å². The first-order valence-corrected chi connectivity index (χ1v) is 11.7. The highest BCUT2D eigenvalue weighted by atomic mass is 31.1. The smallest absolute Gasteiger partial charge is 0.186 e. The fraction of sp³-hybridized carbons (Fsp3) is 0.321. The number of hydrogen-bond donors (Lipinski definition) is 0. The number of carbonyl (C=O) groups is 1. The van der Waals surface area contributed by atoms with Crippen molar-refractivity contribution in [1.29, 1.82) is 0 Å². The predicted molar refractivity (Wildman–Crippen MR) is 136 cm³/mol. The van der Waals surface area contributed by atoms with Crippen molar-refractivity contribution >= 4 is 19.4 Å². The van der Waals surface area contributed by atoms with E-state index in [9.17, 15) is 4.79 Å². The first-order valence-electron chi connectivity index (χ1n) is 10.7. The van der Waals surface area contributed by atoms with E-state index in [2.05, 4.69) is 58.9 Å². The summed E-state index contributed by atoms with van der Waals surface area (Å²) in [6.45, 7) is 18.7. The molecule has 0 N–H and O–H groups in total. The van der Waals surface area contributed by atoms with Gasteiger partial charge in [0.05, 0.1) is 0 Å². The van der Waals surface area contributed by atoms with Crippen LogP contribution in [0.2, 0.25) is 0 Å². The molecule has 30 heavy (non-hydrogen) atoms. The lowest BCUT2D eigenvalue weighted by Gasteiger charge is -2.10. The van der Waals surface area contributed by atoms with Crippen molar-refractivity contribution in [1.82, 2.24) is 0 Å².